The third kappa shape index (κ3) is 7.32. The van der Waals surface area contributed by atoms with Crippen LogP contribution >= 0.6 is 0 Å². The lowest BCUT2D eigenvalue weighted by atomic mass is 10.3. The molecule has 0 heterocycles. The van der Waals surface area contributed by atoms with E-state index in [0.29, 0.717) is 6.04 Å². The normalized spacial score (nSPS) is 10.9. The smallest absolute Gasteiger partial charge is 0.128 e. The van der Waals surface area contributed by atoms with Gasteiger partial charge >= 0.3 is 0 Å². The van der Waals surface area contributed by atoms with Gasteiger partial charge in [-0.15, -0.1) is 0 Å². The number of nitrogens with zero attached hydrogens (tertiary/aromatic N) is 1. The highest BCUT2D eigenvalue weighted by molar-refractivity contribution is 5.32. The Labute approximate surface area is 82.5 Å². The fourth-order valence-corrected chi connectivity index (χ4v) is 0.654. The highest BCUT2D eigenvalue weighted by Gasteiger charge is 1.97. The van der Waals surface area contributed by atoms with E-state index < -0.39 is 0 Å². The van der Waals surface area contributed by atoms with Crippen LogP contribution in [0.2, 0.25) is 0 Å². The molecule has 2 heteroatoms. The van der Waals surface area contributed by atoms with Crippen molar-refractivity contribution in [2.45, 2.75) is 40.7 Å². The van der Waals surface area contributed by atoms with Gasteiger partial charge in [0.15, 0.2) is 0 Å². The quantitative estimate of drug-likeness (QED) is 0.524. The van der Waals surface area contributed by atoms with E-state index in [0.717, 1.165) is 11.4 Å². The van der Waals surface area contributed by atoms with Gasteiger partial charge in [-0.25, -0.2) is 4.99 Å². The van der Waals surface area contributed by atoms with Crippen LogP contribution in [0, 0.1) is 0 Å². The van der Waals surface area contributed by atoms with Gasteiger partial charge in [0.2, 0.25) is 0 Å². The molecule has 76 valence electrons. The van der Waals surface area contributed by atoms with Gasteiger partial charge in [-0.1, -0.05) is 26.5 Å². The van der Waals surface area contributed by atoms with E-state index in [1.807, 2.05) is 20.8 Å². The molecule has 0 atom stereocenters. The number of aliphatic imine (C=N–C) groups is 1. The van der Waals surface area contributed by atoms with Gasteiger partial charge in [-0.3, -0.25) is 0 Å². The SMILES string of the molecule is C=C/C(C)=C(\N=C)NC(C)C.CC. The Hall–Kier alpha value is -1.05. The Morgan fingerprint density at radius 3 is 2.08 bits per heavy atom. The summed E-state index contributed by atoms with van der Waals surface area (Å²) in [5, 5.41) is 3.16. The van der Waals surface area contributed by atoms with E-state index in [1.165, 1.54) is 0 Å². The summed E-state index contributed by atoms with van der Waals surface area (Å²) in [6.45, 7) is 17.2. The third-order valence-electron chi connectivity index (χ3n) is 1.26. The molecular formula is C11H22N2. The van der Waals surface area contributed by atoms with Crippen LogP contribution in [0.25, 0.3) is 0 Å². The van der Waals surface area contributed by atoms with Gasteiger partial charge in [0.1, 0.15) is 5.82 Å². The maximum atomic E-state index is 3.85. The minimum Gasteiger partial charge on any atom is -0.368 e. The molecule has 0 amide bonds. The Morgan fingerprint density at radius 1 is 1.38 bits per heavy atom. The topological polar surface area (TPSA) is 24.4 Å². The zero-order valence-corrected chi connectivity index (χ0v) is 9.52. The van der Waals surface area contributed by atoms with Crippen molar-refractivity contribution in [2.24, 2.45) is 4.99 Å². The van der Waals surface area contributed by atoms with Gasteiger partial charge in [0.25, 0.3) is 0 Å². The molecule has 0 rings (SSSR count). The Bertz CT molecular complexity index is 179. The van der Waals surface area contributed by atoms with Crippen molar-refractivity contribution in [1.29, 1.82) is 0 Å². The molecule has 0 aliphatic carbocycles. The first-order valence-electron chi connectivity index (χ1n) is 4.68. The lowest BCUT2D eigenvalue weighted by Gasteiger charge is -2.10. The number of hydrogen-bond acceptors (Lipinski definition) is 2. The van der Waals surface area contributed by atoms with Crippen molar-refractivity contribution in [1.82, 2.24) is 5.32 Å². The Morgan fingerprint density at radius 2 is 1.85 bits per heavy atom. The molecule has 0 bridgehead atoms. The number of hydrogen-bond donors (Lipinski definition) is 1. The fourth-order valence-electron chi connectivity index (χ4n) is 0.654. The van der Waals surface area contributed by atoms with Crippen LogP contribution in [-0.2, 0) is 0 Å². The van der Waals surface area contributed by atoms with Crippen molar-refractivity contribution >= 4 is 6.72 Å². The largest absolute Gasteiger partial charge is 0.368 e. The van der Waals surface area contributed by atoms with Gasteiger partial charge < -0.3 is 5.32 Å². The maximum absolute atomic E-state index is 3.85. The second-order valence-corrected chi connectivity index (χ2v) is 2.69. The standard InChI is InChI=1S/C9H16N2.C2H6/c1-6-8(4)9(10-5)11-7(2)3;1-2/h6-7,11H,1,5H2,2-4H3;1-2H3/b9-8+;. The fraction of sp³-hybridized carbons (Fsp3) is 0.545. The van der Waals surface area contributed by atoms with Crippen LogP contribution in [-0.4, -0.2) is 12.8 Å². The maximum Gasteiger partial charge on any atom is 0.128 e. The molecule has 0 aromatic rings. The summed E-state index contributed by atoms with van der Waals surface area (Å²) in [7, 11) is 0. The molecular weight excluding hydrogens is 160 g/mol. The van der Waals surface area contributed by atoms with Gasteiger partial charge in [0.05, 0.1) is 0 Å². The lowest BCUT2D eigenvalue weighted by molar-refractivity contribution is 0.660. The predicted octanol–water partition coefficient (Wildman–Crippen LogP) is 3.13. The zero-order chi connectivity index (χ0) is 10.9. The highest BCUT2D eigenvalue weighted by atomic mass is 15.0. The van der Waals surface area contributed by atoms with Crippen molar-refractivity contribution < 1.29 is 0 Å². The number of rotatable bonds is 4. The first kappa shape index (κ1) is 14.5. The first-order valence-corrected chi connectivity index (χ1v) is 4.68. The summed E-state index contributed by atoms with van der Waals surface area (Å²) in [5.41, 5.74) is 1.02. The summed E-state index contributed by atoms with van der Waals surface area (Å²) in [4.78, 5) is 3.85. The minimum absolute atomic E-state index is 0.380. The van der Waals surface area contributed by atoms with Crippen LogP contribution in [0.4, 0.5) is 0 Å². The van der Waals surface area contributed by atoms with E-state index in [9.17, 15) is 0 Å². The second-order valence-electron chi connectivity index (χ2n) is 2.69. The molecule has 0 aliphatic heterocycles. The third-order valence-corrected chi connectivity index (χ3v) is 1.26. The Kier molecular flexibility index (Phi) is 10.1. The zero-order valence-electron chi connectivity index (χ0n) is 9.52. The average Bonchev–Trinajstić information content (AvgIpc) is 2.16. The molecule has 0 fully saturated rings. The van der Waals surface area contributed by atoms with E-state index in [2.05, 4.69) is 37.5 Å². The second kappa shape index (κ2) is 9.04. The summed E-state index contributed by atoms with van der Waals surface area (Å²) in [6, 6.07) is 0.380. The predicted molar refractivity (Wildman–Crippen MR) is 62.1 cm³/mol. The summed E-state index contributed by atoms with van der Waals surface area (Å²) < 4.78 is 0. The van der Waals surface area contributed by atoms with Crippen LogP contribution in [0.3, 0.4) is 0 Å². The van der Waals surface area contributed by atoms with Gasteiger partial charge in [-0.05, 0) is 33.1 Å². The molecule has 0 aromatic heterocycles. The van der Waals surface area contributed by atoms with Gasteiger partial charge in [0, 0.05) is 6.04 Å². The van der Waals surface area contributed by atoms with E-state index >= 15 is 0 Å². The molecule has 0 unspecified atom stereocenters. The van der Waals surface area contributed by atoms with Gasteiger partial charge in [-0.2, -0.15) is 0 Å². The van der Waals surface area contributed by atoms with Crippen LogP contribution in [0.15, 0.2) is 29.0 Å². The molecule has 13 heavy (non-hydrogen) atoms. The lowest BCUT2D eigenvalue weighted by Crippen LogP contribution is -2.21. The highest BCUT2D eigenvalue weighted by Crippen LogP contribution is 2.02. The van der Waals surface area contributed by atoms with Crippen LogP contribution < -0.4 is 5.32 Å². The molecule has 0 saturated carbocycles. The summed E-state index contributed by atoms with van der Waals surface area (Å²) in [6.07, 6.45) is 1.76. The van der Waals surface area contributed by atoms with Crippen molar-refractivity contribution in [2.75, 3.05) is 0 Å². The Balaban J connectivity index is 0. The van der Waals surface area contributed by atoms with E-state index in [1.54, 1.807) is 6.08 Å². The van der Waals surface area contributed by atoms with Crippen molar-refractivity contribution in [3.63, 3.8) is 0 Å². The first-order chi connectivity index (χ1) is 6.11. The molecule has 0 saturated heterocycles. The minimum atomic E-state index is 0.380. The van der Waals surface area contributed by atoms with Crippen molar-refractivity contribution in [3.8, 4) is 0 Å². The summed E-state index contributed by atoms with van der Waals surface area (Å²) in [5.74, 6) is 0.815. The average molecular weight is 182 g/mol. The van der Waals surface area contributed by atoms with E-state index in [-0.39, 0.29) is 0 Å². The summed E-state index contributed by atoms with van der Waals surface area (Å²) >= 11 is 0. The molecule has 0 aliphatic rings. The molecule has 0 spiro atoms. The number of nitrogens with one attached hydrogen (secondary N) is 1. The monoisotopic (exact) mass is 182 g/mol. The van der Waals surface area contributed by atoms with Crippen molar-refractivity contribution in [3.05, 3.63) is 24.0 Å². The molecule has 0 radical (unpaired) electrons. The molecule has 1 N–H and O–H groups in total. The van der Waals surface area contributed by atoms with Crippen LogP contribution in [0.1, 0.15) is 34.6 Å². The molecule has 2 nitrogen and oxygen atoms in total. The van der Waals surface area contributed by atoms with E-state index in [4.69, 9.17) is 0 Å². The van der Waals surface area contributed by atoms with Crippen LogP contribution in [0.5, 0.6) is 0 Å². The number of allylic oxidation sites excluding steroid dienone is 2. The molecule has 0 aromatic carbocycles.